The molecule has 0 aromatic heterocycles. The molecule has 2 aromatic carbocycles. The van der Waals surface area contributed by atoms with Crippen LogP contribution in [0.2, 0.25) is 5.02 Å². The summed E-state index contributed by atoms with van der Waals surface area (Å²) in [5, 5.41) is 6.20. The summed E-state index contributed by atoms with van der Waals surface area (Å²) in [5.41, 5.74) is 1.70. The van der Waals surface area contributed by atoms with Gasteiger partial charge in [0.05, 0.1) is 12.3 Å². The molecular formula is C20H21ClN2O3. The number of anilines is 2. The highest BCUT2D eigenvalue weighted by atomic mass is 35.5. The summed E-state index contributed by atoms with van der Waals surface area (Å²) in [6.45, 7) is 2.57. The van der Waals surface area contributed by atoms with Crippen LogP contribution in [0.3, 0.4) is 0 Å². The molecule has 6 heteroatoms. The van der Waals surface area contributed by atoms with Crippen LogP contribution in [0.4, 0.5) is 11.4 Å². The molecule has 26 heavy (non-hydrogen) atoms. The minimum atomic E-state index is -0.270. The third-order valence-electron chi connectivity index (χ3n) is 4.01. The number of rotatable bonds is 7. The Labute approximate surface area is 157 Å². The summed E-state index contributed by atoms with van der Waals surface area (Å²) >= 11 is 6.03. The van der Waals surface area contributed by atoms with Crippen LogP contribution in [-0.2, 0) is 4.79 Å². The highest BCUT2D eigenvalue weighted by Crippen LogP contribution is 2.30. The number of benzene rings is 2. The number of ether oxygens (including phenoxy) is 1. The summed E-state index contributed by atoms with van der Waals surface area (Å²) in [4.78, 5) is 24.3. The zero-order valence-corrected chi connectivity index (χ0v) is 15.3. The van der Waals surface area contributed by atoms with Gasteiger partial charge in [-0.1, -0.05) is 18.5 Å². The van der Waals surface area contributed by atoms with Gasteiger partial charge < -0.3 is 15.4 Å². The molecule has 136 valence electrons. The summed E-state index contributed by atoms with van der Waals surface area (Å²) in [5.74, 6) is 0.493. The topological polar surface area (TPSA) is 67.4 Å². The fourth-order valence-corrected chi connectivity index (χ4v) is 2.60. The molecule has 3 rings (SSSR count). The lowest BCUT2D eigenvalue weighted by Gasteiger charge is -2.13. The van der Waals surface area contributed by atoms with E-state index in [1.54, 1.807) is 42.5 Å². The van der Waals surface area contributed by atoms with Gasteiger partial charge in [-0.3, -0.25) is 9.59 Å². The van der Waals surface area contributed by atoms with Crippen LogP contribution < -0.4 is 15.4 Å². The first-order valence-electron chi connectivity index (χ1n) is 8.71. The second-order valence-electron chi connectivity index (χ2n) is 6.28. The quantitative estimate of drug-likeness (QED) is 0.738. The van der Waals surface area contributed by atoms with Crippen molar-refractivity contribution >= 4 is 34.8 Å². The van der Waals surface area contributed by atoms with Crippen LogP contribution in [0.1, 0.15) is 36.5 Å². The van der Waals surface area contributed by atoms with E-state index in [0.717, 1.165) is 19.3 Å². The Morgan fingerprint density at radius 2 is 1.85 bits per heavy atom. The first kappa shape index (κ1) is 18.3. The number of nitrogens with one attached hydrogen (secondary N) is 2. The van der Waals surface area contributed by atoms with Gasteiger partial charge in [0.1, 0.15) is 5.75 Å². The minimum Gasteiger partial charge on any atom is -0.491 e. The van der Waals surface area contributed by atoms with Crippen molar-refractivity contribution in [2.75, 3.05) is 17.2 Å². The molecule has 2 aromatic rings. The van der Waals surface area contributed by atoms with Crippen LogP contribution >= 0.6 is 11.6 Å². The smallest absolute Gasteiger partial charge is 0.255 e. The van der Waals surface area contributed by atoms with Gasteiger partial charge in [-0.25, -0.2) is 0 Å². The summed E-state index contributed by atoms with van der Waals surface area (Å²) in [6.07, 6.45) is 2.77. The van der Waals surface area contributed by atoms with Crippen molar-refractivity contribution in [1.82, 2.24) is 0 Å². The molecule has 0 spiro atoms. The zero-order chi connectivity index (χ0) is 18.5. The molecule has 0 bridgehead atoms. The van der Waals surface area contributed by atoms with Crippen LogP contribution in [0.25, 0.3) is 0 Å². The highest BCUT2D eigenvalue weighted by Gasteiger charge is 2.29. The van der Waals surface area contributed by atoms with Crippen molar-refractivity contribution < 1.29 is 14.3 Å². The van der Waals surface area contributed by atoms with Crippen molar-refractivity contribution in [2.45, 2.75) is 26.2 Å². The maximum Gasteiger partial charge on any atom is 0.255 e. The number of hydrogen-bond acceptors (Lipinski definition) is 3. The Bertz CT molecular complexity index is 801. The SMILES string of the molecule is CCCOc1ccc(Cl)cc1NC(=O)c1ccc(NC(=O)C2CC2)cc1. The van der Waals surface area contributed by atoms with Gasteiger partial charge in [-0.05, 0) is 61.7 Å². The normalized spacial score (nSPS) is 13.2. The average Bonchev–Trinajstić information content (AvgIpc) is 3.47. The lowest BCUT2D eigenvalue weighted by molar-refractivity contribution is -0.117. The van der Waals surface area contributed by atoms with E-state index >= 15 is 0 Å². The molecular weight excluding hydrogens is 352 g/mol. The van der Waals surface area contributed by atoms with Crippen LogP contribution in [0.15, 0.2) is 42.5 Å². The number of amides is 2. The van der Waals surface area contributed by atoms with Gasteiger partial charge in [0, 0.05) is 22.2 Å². The Hall–Kier alpha value is -2.53. The van der Waals surface area contributed by atoms with E-state index in [-0.39, 0.29) is 17.7 Å². The molecule has 5 nitrogen and oxygen atoms in total. The molecule has 1 fully saturated rings. The van der Waals surface area contributed by atoms with Crippen molar-refractivity contribution in [1.29, 1.82) is 0 Å². The van der Waals surface area contributed by atoms with Crippen molar-refractivity contribution in [3.8, 4) is 5.75 Å². The third-order valence-corrected chi connectivity index (χ3v) is 4.25. The Morgan fingerprint density at radius 3 is 2.50 bits per heavy atom. The van der Waals surface area contributed by atoms with Gasteiger partial charge >= 0.3 is 0 Å². The molecule has 0 unspecified atom stereocenters. The molecule has 0 heterocycles. The average molecular weight is 373 g/mol. The third kappa shape index (κ3) is 4.76. The maximum absolute atomic E-state index is 12.5. The molecule has 1 saturated carbocycles. The fraction of sp³-hybridized carbons (Fsp3) is 0.300. The Morgan fingerprint density at radius 1 is 1.12 bits per heavy atom. The highest BCUT2D eigenvalue weighted by molar-refractivity contribution is 6.31. The first-order valence-corrected chi connectivity index (χ1v) is 9.09. The molecule has 0 saturated heterocycles. The zero-order valence-electron chi connectivity index (χ0n) is 14.5. The molecule has 0 radical (unpaired) electrons. The second-order valence-corrected chi connectivity index (χ2v) is 6.72. The van der Waals surface area contributed by atoms with Crippen molar-refractivity contribution in [3.05, 3.63) is 53.1 Å². The predicted octanol–water partition coefficient (Wildman–Crippen LogP) is 4.73. The van der Waals surface area contributed by atoms with E-state index in [9.17, 15) is 9.59 Å². The van der Waals surface area contributed by atoms with Crippen LogP contribution in [0.5, 0.6) is 5.75 Å². The van der Waals surface area contributed by atoms with Gasteiger partial charge in [0.2, 0.25) is 5.91 Å². The van der Waals surface area contributed by atoms with Gasteiger partial charge in [0.25, 0.3) is 5.91 Å². The van der Waals surface area contributed by atoms with Gasteiger partial charge in [0.15, 0.2) is 0 Å². The molecule has 2 amide bonds. The predicted molar refractivity (Wildman–Crippen MR) is 103 cm³/mol. The lowest BCUT2D eigenvalue weighted by Crippen LogP contribution is -2.15. The summed E-state index contributed by atoms with van der Waals surface area (Å²) in [6, 6.07) is 11.9. The molecule has 1 aliphatic carbocycles. The number of hydrogen-bond donors (Lipinski definition) is 2. The molecule has 1 aliphatic rings. The first-order chi connectivity index (χ1) is 12.6. The maximum atomic E-state index is 12.5. The molecule has 2 N–H and O–H groups in total. The summed E-state index contributed by atoms with van der Waals surface area (Å²) < 4.78 is 5.65. The van der Waals surface area contributed by atoms with Gasteiger partial charge in [-0.15, -0.1) is 0 Å². The van der Waals surface area contributed by atoms with E-state index in [1.165, 1.54) is 0 Å². The molecule has 0 atom stereocenters. The molecule has 0 aliphatic heterocycles. The van der Waals surface area contributed by atoms with E-state index in [2.05, 4.69) is 10.6 Å². The Kier molecular flexibility index (Phi) is 5.78. The largest absolute Gasteiger partial charge is 0.491 e. The van der Waals surface area contributed by atoms with Crippen molar-refractivity contribution in [3.63, 3.8) is 0 Å². The standard InChI is InChI=1S/C20H21ClN2O3/c1-2-11-26-18-10-7-15(21)12-17(18)23-20(25)14-5-8-16(9-6-14)22-19(24)13-3-4-13/h5-10,12-13H,2-4,11H2,1H3,(H,22,24)(H,23,25). The second kappa shape index (κ2) is 8.23. The van der Waals surface area contributed by atoms with Gasteiger partial charge in [-0.2, -0.15) is 0 Å². The van der Waals surface area contributed by atoms with Crippen LogP contribution in [-0.4, -0.2) is 18.4 Å². The van der Waals surface area contributed by atoms with E-state index in [1.807, 2.05) is 6.92 Å². The minimum absolute atomic E-state index is 0.0406. The number of halogens is 1. The number of carbonyl (C=O) groups is 2. The fourth-order valence-electron chi connectivity index (χ4n) is 2.43. The Balaban J connectivity index is 1.67. The van der Waals surface area contributed by atoms with Crippen LogP contribution in [0, 0.1) is 5.92 Å². The van der Waals surface area contributed by atoms with Crippen molar-refractivity contribution in [2.24, 2.45) is 5.92 Å². The van der Waals surface area contributed by atoms with E-state index < -0.39 is 0 Å². The van der Waals surface area contributed by atoms with E-state index in [0.29, 0.717) is 34.3 Å². The lowest BCUT2D eigenvalue weighted by atomic mass is 10.2. The monoisotopic (exact) mass is 372 g/mol. The number of carbonyl (C=O) groups excluding carboxylic acids is 2. The summed E-state index contributed by atoms with van der Waals surface area (Å²) in [7, 11) is 0. The van der Waals surface area contributed by atoms with E-state index in [4.69, 9.17) is 16.3 Å².